The first-order valence-corrected chi connectivity index (χ1v) is 16.6. The van der Waals surface area contributed by atoms with E-state index < -0.39 is 0 Å². The second-order valence-electron chi connectivity index (χ2n) is 12.1. The van der Waals surface area contributed by atoms with E-state index in [-0.39, 0.29) is 0 Å². The maximum absolute atomic E-state index is 6.54. The molecule has 0 saturated carbocycles. The monoisotopic (exact) mass is 642 g/mol. The van der Waals surface area contributed by atoms with Crippen molar-refractivity contribution in [3.63, 3.8) is 0 Å². The van der Waals surface area contributed by atoms with Crippen molar-refractivity contribution < 1.29 is 4.42 Å². The van der Waals surface area contributed by atoms with E-state index >= 15 is 0 Å². The molecule has 0 saturated heterocycles. The molecule has 0 spiro atoms. The maximum atomic E-state index is 6.54. The van der Waals surface area contributed by atoms with Gasteiger partial charge in [0.1, 0.15) is 11.2 Å². The van der Waals surface area contributed by atoms with Crippen LogP contribution >= 0.6 is 0 Å². The van der Waals surface area contributed by atoms with Crippen LogP contribution in [0.5, 0.6) is 0 Å². The fraction of sp³-hybridized carbons (Fsp3) is 0. The number of fused-ring (bicyclic) bond motifs is 3. The number of hydrogen-bond acceptors (Lipinski definition) is 5. The minimum Gasteiger partial charge on any atom is -0.456 e. The van der Waals surface area contributed by atoms with Gasteiger partial charge < -0.3 is 9.32 Å². The van der Waals surface area contributed by atoms with Crippen LogP contribution in [-0.4, -0.2) is 15.0 Å². The van der Waals surface area contributed by atoms with Crippen molar-refractivity contribution in [1.29, 1.82) is 0 Å². The lowest BCUT2D eigenvalue weighted by atomic mass is 9.98. The lowest BCUT2D eigenvalue weighted by molar-refractivity contribution is 0.669. The van der Waals surface area contributed by atoms with Gasteiger partial charge in [-0.2, -0.15) is 0 Å². The van der Waals surface area contributed by atoms with Gasteiger partial charge in [0.2, 0.25) is 0 Å². The van der Waals surface area contributed by atoms with Crippen LogP contribution in [0.15, 0.2) is 186 Å². The van der Waals surface area contributed by atoms with Gasteiger partial charge >= 0.3 is 0 Å². The summed E-state index contributed by atoms with van der Waals surface area (Å²) < 4.78 is 6.54. The summed E-state index contributed by atoms with van der Waals surface area (Å²) in [5.41, 5.74) is 9.81. The third-order valence-electron chi connectivity index (χ3n) is 8.90. The van der Waals surface area contributed by atoms with E-state index in [4.69, 9.17) is 19.4 Å². The molecular weight excluding hydrogens is 613 g/mol. The average Bonchev–Trinajstić information content (AvgIpc) is 3.58. The number of hydrogen-bond donors (Lipinski definition) is 0. The lowest BCUT2D eigenvalue weighted by Gasteiger charge is -2.26. The van der Waals surface area contributed by atoms with E-state index in [1.54, 1.807) is 0 Å². The van der Waals surface area contributed by atoms with Crippen LogP contribution in [0, 0.1) is 0 Å². The molecule has 0 fully saturated rings. The van der Waals surface area contributed by atoms with Gasteiger partial charge in [-0.05, 0) is 65.7 Å². The number of aromatic nitrogens is 3. The molecule has 0 aliphatic heterocycles. The van der Waals surface area contributed by atoms with Crippen molar-refractivity contribution in [1.82, 2.24) is 15.0 Å². The van der Waals surface area contributed by atoms with Crippen LogP contribution in [0.1, 0.15) is 0 Å². The van der Waals surface area contributed by atoms with E-state index in [0.29, 0.717) is 17.5 Å². The highest BCUT2D eigenvalue weighted by molar-refractivity contribution is 6.13. The van der Waals surface area contributed by atoms with Crippen molar-refractivity contribution in [2.24, 2.45) is 0 Å². The second-order valence-corrected chi connectivity index (χ2v) is 12.1. The Morgan fingerprint density at radius 1 is 0.360 bits per heavy atom. The first-order valence-electron chi connectivity index (χ1n) is 16.6. The molecule has 0 atom stereocenters. The van der Waals surface area contributed by atoms with Crippen LogP contribution < -0.4 is 4.90 Å². The number of para-hydroxylation sites is 2. The fourth-order valence-corrected chi connectivity index (χ4v) is 6.56. The molecule has 0 radical (unpaired) electrons. The first-order chi connectivity index (χ1) is 24.8. The Morgan fingerprint density at radius 2 is 0.860 bits per heavy atom. The Labute approximate surface area is 289 Å². The molecule has 2 heterocycles. The average molecular weight is 643 g/mol. The topological polar surface area (TPSA) is 55.1 Å². The van der Waals surface area contributed by atoms with Gasteiger partial charge in [0.15, 0.2) is 17.5 Å². The number of rotatable bonds is 7. The molecule has 50 heavy (non-hydrogen) atoms. The number of anilines is 3. The number of benzene rings is 7. The second kappa shape index (κ2) is 12.6. The van der Waals surface area contributed by atoms with Gasteiger partial charge in [0.25, 0.3) is 0 Å². The highest BCUT2D eigenvalue weighted by Gasteiger charge is 2.18. The number of furan rings is 1. The fourth-order valence-electron chi connectivity index (χ4n) is 6.56. The van der Waals surface area contributed by atoms with Crippen molar-refractivity contribution in [3.8, 4) is 45.3 Å². The quantitative estimate of drug-likeness (QED) is 0.173. The van der Waals surface area contributed by atoms with Gasteiger partial charge in [-0.3, -0.25) is 0 Å². The van der Waals surface area contributed by atoms with Crippen molar-refractivity contribution >= 4 is 39.0 Å². The van der Waals surface area contributed by atoms with E-state index in [1.807, 2.05) is 84.9 Å². The molecule has 0 unspecified atom stereocenters. The zero-order valence-corrected chi connectivity index (χ0v) is 27.0. The lowest BCUT2D eigenvalue weighted by Crippen LogP contribution is -2.09. The van der Waals surface area contributed by atoms with Gasteiger partial charge in [-0.25, -0.2) is 15.0 Å². The Morgan fingerprint density at radius 3 is 1.46 bits per heavy atom. The highest BCUT2D eigenvalue weighted by atomic mass is 16.3. The molecular formula is C45H30N4O. The summed E-state index contributed by atoms with van der Waals surface area (Å²) in [5, 5.41) is 2.11. The molecule has 0 N–H and O–H groups in total. The maximum Gasteiger partial charge on any atom is 0.164 e. The molecule has 5 nitrogen and oxygen atoms in total. The van der Waals surface area contributed by atoms with Crippen LogP contribution in [0.3, 0.4) is 0 Å². The highest BCUT2D eigenvalue weighted by Crippen LogP contribution is 2.41. The molecule has 9 aromatic rings. The summed E-state index contributed by atoms with van der Waals surface area (Å²) in [7, 11) is 0. The summed E-state index contributed by atoms with van der Waals surface area (Å²) in [6.07, 6.45) is 0. The zero-order chi connectivity index (χ0) is 33.3. The summed E-state index contributed by atoms with van der Waals surface area (Å²) in [6, 6.07) is 62.2. The van der Waals surface area contributed by atoms with Crippen LogP contribution in [0.25, 0.3) is 67.2 Å². The van der Waals surface area contributed by atoms with Crippen LogP contribution in [0.4, 0.5) is 17.1 Å². The van der Waals surface area contributed by atoms with E-state index in [9.17, 15) is 0 Å². The summed E-state index contributed by atoms with van der Waals surface area (Å²) in [6.45, 7) is 0. The molecule has 0 bridgehead atoms. The standard InChI is InChI=1S/C45H30N4O/c1-5-15-31(16-6-1)43-46-44(32-17-7-2-8-18-32)48-45(47-43)34-27-28-39-41(30-34)50-40-26-14-25-38(42(39)40)33-19-13-24-37(29-33)49(35-20-9-3-10-21-35)36-22-11-4-12-23-36/h1-30H. The number of nitrogens with zero attached hydrogens (tertiary/aromatic N) is 4. The third kappa shape index (κ3) is 5.47. The van der Waals surface area contributed by atoms with E-state index in [2.05, 4.69) is 102 Å². The SMILES string of the molecule is c1ccc(-c2nc(-c3ccccc3)nc(-c3ccc4c(c3)oc3cccc(-c5cccc(N(c6ccccc6)c6ccccc6)c5)c34)n2)cc1. The Hall–Kier alpha value is -6.85. The minimum atomic E-state index is 0.593. The Kier molecular flexibility index (Phi) is 7.41. The summed E-state index contributed by atoms with van der Waals surface area (Å²) >= 11 is 0. The predicted molar refractivity (Wildman–Crippen MR) is 204 cm³/mol. The van der Waals surface area contributed by atoms with Gasteiger partial charge in [-0.1, -0.05) is 127 Å². The molecule has 236 valence electrons. The smallest absolute Gasteiger partial charge is 0.164 e. The largest absolute Gasteiger partial charge is 0.456 e. The molecule has 0 aliphatic rings. The van der Waals surface area contributed by atoms with Gasteiger partial charge in [0, 0.05) is 44.5 Å². The molecule has 0 aliphatic carbocycles. The van der Waals surface area contributed by atoms with Crippen molar-refractivity contribution in [2.75, 3.05) is 4.90 Å². The molecule has 0 amide bonds. The molecule has 9 rings (SSSR count). The zero-order valence-electron chi connectivity index (χ0n) is 27.0. The van der Waals surface area contributed by atoms with Crippen molar-refractivity contribution in [2.45, 2.75) is 0 Å². The molecule has 5 heteroatoms. The van der Waals surface area contributed by atoms with E-state index in [0.717, 1.165) is 66.8 Å². The Balaban J connectivity index is 1.16. The molecule has 7 aromatic carbocycles. The van der Waals surface area contributed by atoms with Gasteiger partial charge in [-0.15, -0.1) is 0 Å². The minimum absolute atomic E-state index is 0.593. The molecule has 2 aromatic heterocycles. The normalized spacial score (nSPS) is 11.2. The van der Waals surface area contributed by atoms with Crippen molar-refractivity contribution in [3.05, 3.63) is 182 Å². The predicted octanol–water partition coefficient (Wildman–Crippen LogP) is 11.9. The third-order valence-corrected chi connectivity index (χ3v) is 8.90. The summed E-state index contributed by atoms with van der Waals surface area (Å²) in [5.74, 6) is 1.85. The van der Waals surface area contributed by atoms with E-state index in [1.165, 1.54) is 0 Å². The summed E-state index contributed by atoms with van der Waals surface area (Å²) in [4.78, 5) is 17.0. The van der Waals surface area contributed by atoms with Gasteiger partial charge in [0.05, 0.1) is 0 Å². The van der Waals surface area contributed by atoms with Crippen LogP contribution in [-0.2, 0) is 0 Å². The Bertz CT molecular complexity index is 2490. The van der Waals surface area contributed by atoms with Crippen LogP contribution in [0.2, 0.25) is 0 Å². The first kappa shape index (κ1) is 29.3.